The highest BCUT2D eigenvalue weighted by Crippen LogP contribution is 2.27. The zero-order valence-electron chi connectivity index (χ0n) is 13.0. The molecule has 0 aliphatic rings. The molecule has 2 rings (SSSR count). The highest BCUT2D eigenvalue weighted by Gasteiger charge is 2.13. The van der Waals surface area contributed by atoms with Gasteiger partial charge in [0.1, 0.15) is 12.4 Å². The third kappa shape index (κ3) is 4.61. The van der Waals surface area contributed by atoms with E-state index in [1.165, 1.54) is 11.1 Å². The standard InChI is InChI=1S/C19H25NO/c1-15(12-13-20)16(2)18-8-10-19(11-9-18)21-14-17-6-4-3-5-7-17/h3-11,15-16H,12-14,20H2,1-2H3. The molecule has 0 saturated carbocycles. The summed E-state index contributed by atoms with van der Waals surface area (Å²) in [5, 5.41) is 0. The molecule has 2 unspecified atom stereocenters. The Morgan fingerprint density at radius 2 is 1.62 bits per heavy atom. The van der Waals surface area contributed by atoms with Crippen molar-refractivity contribution in [2.75, 3.05) is 6.54 Å². The van der Waals surface area contributed by atoms with Gasteiger partial charge in [0, 0.05) is 0 Å². The summed E-state index contributed by atoms with van der Waals surface area (Å²) in [6.07, 6.45) is 1.06. The van der Waals surface area contributed by atoms with Crippen LogP contribution in [-0.4, -0.2) is 6.54 Å². The lowest BCUT2D eigenvalue weighted by atomic mass is 9.87. The Bertz CT molecular complexity index is 521. The first-order valence-corrected chi connectivity index (χ1v) is 7.67. The van der Waals surface area contributed by atoms with E-state index in [9.17, 15) is 0 Å². The molecular weight excluding hydrogens is 258 g/mol. The lowest BCUT2D eigenvalue weighted by molar-refractivity contribution is 0.306. The van der Waals surface area contributed by atoms with Crippen LogP contribution < -0.4 is 10.5 Å². The van der Waals surface area contributed by atoms with Crippen molar-refractivity contribution in [3.63, 3.8) is 0 Å². The summed E-state index contributed by atoms with van der Waals surface area (Å²) >= 11 is 0. The van der Waals surface area contributed by atoms with Gasteiger partial charge in [-0.2, -0.15) is 0 Å². The van der Waals surface area contributed by atoms with E-state index in [4.69, 9.17) is 10.5 Å². The van der Waals surface area contributed by atoms with Crippen molar-refractivity contribution < 1.29 is 4.74 Å². The van der Waals surface area contributed by atoms with Gasteiger partial charge >= 0.3 is 0 Å². The van der Waals surface area contributed by atoms with Crippen LogP contribution in [0.2, 0.25) is 0 Å². The second-order valence-electron chi connectivity index (χ2n) is 5.69. The van der Waals surface area contributed by atoms with Crippen LogP contribution in [0.15, 0.2) is 54.6 Å². The molecule has 0 aliphatic carbocycles. The van der Waals surface area contributed by atoms with Gasteiger partial charge in [0.05, 0.1) is 0 Å². The first-order valence-electron chi connectivity index (χ1n) is 7.67. The van der Waals surface area contributed by atoms with Crippen LogP contribution in [0.25, 0.3) is 0 Å². The van der Waals surface area contributed by atoms with E-state index in [0.29, 0.717) is 18.4 Å². The van der Waals surface area contributed by atoms with Gasteiger partial charge in [-0.25, -0.2) is 0 Å². The minimum atomic E-state index is 0.525. The second kappa shape index (κ2) is 7.84. The van der Waals surface area contributed by atoms with E-state index >= 15 is 0 Å². The maximum absolute atomic E-state index is 5.81. The van der Waals surface area contributed by atoms with Crippen molar-refractivity contribution in [2.24, 2.45) is 11.7 Å². The SMILES string of the molecule is CC(CCN)C(C)c1ccc(OCc2ccccc2)cc1. The van der Waals surface area contributed by atoms with Gasteiger partial charge in [-0.3, -0.25) is 0 Å². The zero-order valence-corrected chi connectivity index (χ0v) is 13.0. The summed E-state index contributed by atoms with van der Waals surface area (Å²) in [5.41, 5.74) is 8.18. The van der Waals surface area contributed by atoms with Crippen LogP contribution in [0.4, 0.5) is 0 Å². The smallest absolute Gasteiger partial charge is 0.119 e. The molecule has 0 radical (unpaired) electrons. The molecule has 0 saturated heterocycles. The summed E-state index contributed by atoms with van der Waals surface area (Å²) < 4.78 is 5.81. The molecule has 0 amide bonds. The number of hydrogen-bond donors (Lipinski definition) is 1. The minimum Gasteiger partial charge on any atom is -0.489 e. The zero-order chi connectivity index (χ0) is 15.1. The maximum atomic E-state index is 5.81. The third-order valence-electron chi connectivity index (χ3n) is 4.13. The fourth-order valence-electron chi connectivity index (χ4n) is 2.45. The molecule has 21 heavy (non-hydrogen) atoms. The van der Waals surface area contributed by atoms with Crippen molar-refractivity contribution in [3.05, 3.63) is 65.7 Å². The fraction of sp³-hybridized carbons (Fsp3) is 0.368. The molecule has 112 valence electrons. The monoisotopic (exact) mass is 283 g/mol. The Morgan fingerprint density at radius 3 is 2.24 bits per heavy atom. The average molecular weight is 283 g/mol. The van der Waals surface area contributed by atoms with Crippen LogP contribution in [0, 0.1) is 5.92 Å². The van der Waals surface area contributed by atoms with Crippen LogP contribution >= 0.6 is 0 Å². The number of rotatable bonds is 7. The maximum Gasteiger partial charge on any atom is 0.119 e. The number of hydrogen-bond acceptors (Lipinski definition) is 2. The van der Waals surface area contributed by atoms with E-state index in [2.05, 4.69) is 50.2 Å². The number of nitrogens with two attached hydrogens (primary N) is 1. The van der Waals surface area contributed by atoms with Crippen molar-refractivity contribution in [3.8, 4) is 5.75 Å². The van der Waals surface area contributed by atoms with Gasteiger partial charge in [-0.05, 0) is 48.1 Å². The third-order valence-corrected chi connectivity index (χ3v) is 4.13. The summed E-state index contributed by atoms with van der Waals surface area (Å²) in [5.74, 6) is 2.05. The summed E-state index contributed by atoms with van der Waals surface area (Å²) in [6, 6.07) is 18.7. The number of benzene rings is 2. The van der Waals surface area contributed by atoms with Crippen molar-refractivity contribution >= 4 is 0 Å². The molecule has 2 atom stereocenters. The molecule has 0 aromatic heterocycles. The predicted molar refractivity (Wildman–Crippen MR) is 88.5 cm³/mol. The second-order valence-corrected chi connectivity index (χ2v) is 5.69. The largest absolute Gasteiger partial charge is 0.489 e. The summed E-state index contributed by atoms with van der Waals surface area (Å²) in [7, 11) is 0. The molecule has 0 aliphatic heterocycles. The van der Waals surface area contributed by atoms with Gasteiger partial charge in [-0.15, -0.1) is 0 Å². The van der Waals surface area contributed by atoms with E-state index in [0.717, 1.165) is 18.7 Å². The molecule has 0 fully saturated rings. The molecule has 2 N–H and O–H groups in total. The fourth-order valence-corrected chi connectivity index (χ4v) is 2.45. The normalized spacial score (nSPS) is 13.7. The Balaban J connectivity index is 1.92. The molecule has 0 bridgehead atoms. The van der Waals surface area contributed by atoms with Gasteiger partial charge in [0.25, 0.3) is 0 Å². The van der Waals surface area contributed by atoms with E-state index in [1.54, 1.807) is 0 Å². The van der Waals surface area contributed by atoms with Crippen LogP contribution in [0.5, 0.6) is 5.75 Å². The summed E-state index contributed by atoms with van der Waals surface area (Å²) in [4.78, 5) is 0. The Hall–Kier alpha value is -1.80. The van der Waals surface area contributed by atoms with Crippen molar-refractivity contribution in [1.82, 2.24) is 0 Å². The van der Waals surface area contributed by atoms with Crippen molar-refractivity contribution in [1.29, 1.82) is 0 Å². The lowest BCUT2D eigenvalue weighted by Crippen LogP contribution is -2.12. The van der Waals surface area contributed by atoms with Gasteiger partial charge in [0.2, 0.25) is 0 Å². The molecule has 2 nitrogen and oxygen atoms in total. The van der Waals surface area contributed by atoms with E-state index < -0.39 is 0 Å². The molecule has 0 spiro atoms. The Kier molecular flexibility index (Phi) is 5.82. The Morgan fingerprint density at radius 1 is 0.952 bits per heavy atom. The van der Waals surface area contributed by atoms with Gasteiger partial charge in [-0.1, -0.05) is 56.3 Å². The first-order chi connectivity index (χ1) is 10.2. The van der Waals surface area contributed by atoms with E-state index in [1.807, 2.05) is 18.2 Å². The highest BCUT2D eigenvalue weighted by atomic mass is 16.5. The Labute approximate surface area is 127 Å². The first kappa shape index (κ1) is 15.6. The molecule has 2 heteroatoms. The van der Waals surface area contributed by atoms with Crippen LogP contribution in [0.1, 0.15) is 37.3 Å². The lowest BCUT2D eigenvalue weighted by Gasteiger charge is -2.20. The summed E-state index contributed by atoms with van der Waals surface area (Å²) in [6.45, 7) is 5.89. The minimum absolute atomic E-state index is 0.525. The van der Waals surface area contributed by atoms with Crippen LogP contribution in [-0.2, 0) is 6.61 Å². The molecule has 0 heterocycles. The quantitative estimate of drug-likeness (QED) is 0.819. The van der Waals surface area contributed by atoms with E-state index in [-0.39, 0.29) is 0 Å². The predicted octanol–water partition coefficient (Wildman–Crippen LogP) is 4.35. The van der Waals surface area contributed by atoms with Crippen molar-refractivity contribution in [2.45, 2.75) is 32.8 Å². The van der Waals surface area contributed by atoms with Gasteiger partial charge < -0.3 is 10.5 Å². The number of ether oxygens (including phenoxy) is 1. The molecule has 2 aromatic carbocycles. The molecular formula is C19H25NO. The average Bonchev–Trinajstić information content (AvgIpc) is 2.54. The van der Waals surface area contributed by atoms with Gasteiger partial charge in [0.15, 0.2) is 0 Å². The topological polar surface area (TPSA) is 35.2 Å². The molecule has 2 aromatic rings. The van der Waals surface area contributed by atoms with Crippen LogP contribution in [0.3, 0.4) is 0 Å². The highest BCUT2D eigenvalue weighted by molar-refractivity contribution is 5.30.